The minimum Gasteiger partial charge on any atom is -0.481 e. The molecular formula is C11H13NO2S. The van der Waals surface area contributed by atoms with E-state index < -0.39 is 5.97 Å². The Morgan fingerprint density at radius 3 is 3.13 bits per heavy atom. The van der Waals surface area contributed by atoms with Gasteiger partial charge >= 0.3 is 5.97 Å². The molecule has 0 amide bonds. The molecule has 1 rings (SSSR count). The van der Waals surface area contributed by atoms with Crippen molar-refractivity contribution in [3.05, 3.63) is 21.9 Å². The molecule has 15 heavy (non-hydrogen) atoms. The van der Waals surface area contributed by atoms with E-state index in [-0.39, 0.29) is 6.42 Å². The summed E-state index contributed by atoms with van der Waals surface area (Å²) in [4.78, 5) is 11.3. The highest BCUT2D eigenvalue weighted by Gasteiger charge is 2.02. The molecule has 0 aliphatic rings. The van der Waals surface area contributed by atoms with Gasteiger partial charge in [-0.15, -0.1) is 11.3 Å². The van der Waals surface area contributed by atoms with Crippen LogP contribution in [0.3, 0.4) is 0 Å². The van der Waals surface area contributed by atoms with E-state index in [9.17, 15) is 4.79 Å². The molecule has 0 aliphatic heterocycles. The zero-order valence-electron chi connectivity index (χ0n) is 8.54. The summed E-state index contributed by atoms with van der Waals surface area (Å²) in [6.45, 7) is 0.874. The van der Waals surface area contributed by atoms with Crippen molar-refractivity contribution in [1.29, 1.82) is 0 Å². The molecule has 1 heterocycles. The Hall–Kier alpha value is -1.31. The van der Waals surface area contributed by atoms with Gasteiger partial charge in [-0.3, -0.25) is 4.79 Å². The molecular weight excluding hydrogens is 210 g/mol. The van der Waals surface area contributed by atoms with Crippen molar-refractivity contribution in [2.75, 3.05) is 13.6 Å². The van der Waals surface area contributed by atoms with Crippen molar-refractivity contribution in [3.63, 3.8) is 0 Å². The van der Waals surface area contributed by atoms with Crippen molar-refractivity contribution >= 4 is 17.3 Å². The molecule has 4 heteroatoms. The van der Waals surface area contributed by atoms with Crippen LogP contribution >= 0.6 is 11.3 Å². The summed E-state index contributed by atoms with van der Waals surface area (Å²) in [7, 11) is 1.89. The second kappa shape index (κ2) is 6.23. The maximum Gasteiger partial charge on any atom is 0.308 e. The Labute approximate surface area is 93.1 Å². The van der Waals surface area contributed by atoms with Crippen molar-refractivity contribution in [2.45, 2.75) is 12.8 Å². The SMILES string of the molecule is CNCCC#Cc1csc(CC(=O)O)c1. The number of rotatable bonds is 4. The van der Waals surface area contributed by atoms with Crippen LogP contribution in [0, 0.1) is 11.8 Å². The van der Waals surface area contributed by atoms with Crippen LogP contribution < -0.4 is 5.32 Å². The number of thiophene rings is 1. The largest absolute Gasteiger partial charge is 0.481 e. The summed E-state index contributed by atoms with van der Waals surface area (Å²) >= 11 is 1.44. The molecule has 0 saturated carbocycles. The molecule has 3 nitrogen and oxygen atoms in total. The lowest BCUT2D eigenvalue weighted by atomic mass is 10.2. The average Bonchev–Trinajstić information content (AvgIpc) is 2.59. The van der Waals surface area contributed by atoms with Crippen LogP contribution in [-0.4, -0.2) is 24.7 Å². The van der Waals surface area contributed by atoms with Crippen LogP contribution in [0.4, 0.5) is 0 Å². The minimum atomic E-state index is -0.799. The van der Waals surface area contributed by atoms with Gasteiger partial charge in [0.1, 0.15) is 0 Å². The Morgan fingerprint density at radius 1 is 1.67 bits per heavy atom. The van der Waals surface area contributed by atoms with Gasteiger partial charge in [-0.2, -0.15) is 0 Å². The molecule has 0 spiro atoms. The fraction of sp³-hybridized carbons (Fsp3) is 0.364. The maximum atomic E-state index is 10.4. The zero-order valence-corrected chi connectivity index (χ0v) is 9.36. The van der Waals surface area contributed by atoms with Gasteiger partial charge in [0.25, 0.3) is 0 Å². The lowest BCUT2D eigenvalue weighted by Gasteiger charge is -1.87. The predicted molar refractivity (Wildman–Crippen MR) is 61.1 cm³/mol. The second-order valence-electron chi connectivity index (χ2n) is 3.03. The number of hydrogen-bond acceptors (Lipinski definition) is 3. The Bertz CT molecular complexity index is 387. The van der Waals surface area contributed by atoms with E-state index >= 15 is 0 Å². The first-order chi connectivity index (χ1) is 7.22. The molecule has 0 radical (unpaired) electrons. The highest BCUT2D eigenvalue weighted by molar-refractivity contribution is 7.10. The molecule has 0 atom stereocenters. The molecule has 2 N–H and O–H groups in total. The van der Waals surface area contributed by atoms with Crippen LogP contribution in [0.5, 0.6) is 0 Å². The quantitative estimate of drug-likeness (QED) is 0.598. The molecule has 1 aromatic heterocycles. The summed E-state index contributed by atoms with van der Waals surface area (Å²) in [6, 6.07) is 1.84. The Morgan fingerprint density at radius 2 is 2.47 bits per heavy atom. The van der Waals surface area contributed by atoms with Crippen LogP contribution in [0.2, 0.25) is 0 Å². The number of carboxylic acid groups (broad SMARTS) is 1. The van der Waals surface area contributed by atoms with E-state index in [2.05, 4.69) is 17.2 Å². The predicted octanol–water partition coefficient (Wildman–Crippen LogP) is 1.34. The number of carboxylic acids is 1. The molecule has 1 aromatic rings. The normalized spacial score (nSPS) is 9.40. The molecule has 0 unspecified atom stereocenters. The van der Waals surface area contributed by atoms with Gasteiger partial charge in [0.05, 0.1) is 6.42 Å². The molecule has 0 aromatic carbocycles. The smallest absolute Gasteiger partial charge is 0.308 e. The molecule has 0 bridgehead atoms. The van der Waals surface area contributed by atoms with E-state index in [1.165, 1.54) is 11.3 Å². The number of carbonyl (C=O) groups is 1. The van der Waals surface area contributed by atoms with Gasteiger partial charge in [0.2, 0.25) is 0 Å². The third-order valence-corrected chi connectivity index (χ3v) is 2.65. The van der Waals surface area contributed by atoms with Gasteiger partial charge in [-0.05, 0) is 13.1 Å². The summed E-state index contributed by atoms with van der Waals surface area (Å²) in [6.07, 6.45) is 0.892. The van der Waals surface area contributed by atoms with E-state index in [0.717, 1.165) is 23.4 Å². The van der Waals surface area contributed by atoms with E-state index in [1.807, 2.05) is 18.5 Å². The third-order valence-electron chi connectivity index (χ3n) is 1.71. The summed E-state index contributed by atoms with van der Waals surface area (Å²) in [5, 5.41) is 13.5. The Balaban J connectivity index is 2.51. The number of hydrogen-bond donors (Lipinski definition) is 2. The van der Waals surface area contributed by atoms with Crippen molar-refractivity contribution in [2.24, 2.45) is 0 Å². The van der Waals surface area contributed by atoms with E-state index in [1.54, 1.807) is 0 Å². The van der Waals surface area contributed by atoms with Crippen molar-refractivity contribution < 1.29 is 9.90 Å². The maximum absolute atomic E-state index is 10.4. The fourth-order valence-electron chi connectivity index (χ4n) is 1.04. The first kappa shape index (κ1) is 11.8. The van der Waals surface area contributed by atoms with Crippen LogP contribution in [-0.2, 0) is 11.2 Å². The zero-order chi connectivity index (χ0) is 11.1. The van der Waals surface area contributed by atoms with E-state index in [4.69, 9.17) is 5.11 Å². The van der Waals surface area contributed by atoms with Gasteiger partial charge < -0.3 is 10.4 Å². The average molecular weight is 223 g/mol. The third kappa shape index (κ3) is 4.63. The van der Waals surface area contributed by atoms with E-state index in [0.29, 0.717) is 0 Å². The van der Waals surface area contributed by atoms with Gasteiger partial charge in [-0.1, -0.05) is 11.8 Å². The fourth-order valence-corrected chi connectivity index (χ4v) is 1.85. The highest BCUT2D eigenvalue weighted by atomic mass is 32.1. The lowest BCUT2D eigenvalue weighted by molar-refractivity contribution is -0.136. The highest BCUT2D eigenvalue weighted by Crippen LogP contribution is 2.14. The van der Waals surface area contributed by atoms with Gasteiger partial charge in [0.15, 0.2) is 0 Å². The van der Waals surface area contributed by atoms with Crippen LogP contribution in [0.25, 0.3) is 0 Å². The van der Waals surface area contributed by atoms with Gasteiger partial charge in [0, 0.05) is 28.8 Å². The molecule has 80 valence electrons. The van der Waals surface area contributed by atoms with Gasteiger partial charge in [-0.25, -0.2) is 0 Å². The van der Waals surface area contributed by atoms with Crippen molar-refractivity contribution in [3.8, 4) is 11.8 Å². The van der Waals surface area contributed by atoms with Crippen LogP contribution in [0.1, 0.15) is 16.9 Å². The topological polar surface area (TPSA) is 49.3 Å². The number of aliphatic carboxylic acids is 1. The lowest BCUT2D eigenvalue weighted by Crippen LogP contribution is -2.05. The first-order valence-corrected chi connectivity index (χ1v) is 5.53. The van der Waals surface area contributed by atoms with Crippen molar-refractivity contribution in [1.82, 2.24) is 5.32 Å². The van der Waals surface area contributed by atoms with Crippen LogP contribution in [0.15, 0.2) is 11.4 Å². The molecule has 0 saturated heterocycles. The minimum absolute atomic E-state index is 0.0862. The number of nitrogens with one attached hydrogen (secondary N) is 1. The first-order valence-electron chi connectivity index (χ1n) is 4.65. The molecule has 0 aliphatic carbocycles. The summed E-state index contributed by atoms with van der Waals surface area (Å²) in [5.74, 6) is 5.22. The summed E-state index contributed by atoms with van der Waals surface area (Å²) in [5.41, 5.74) is 0.910. The monoisotopic (exact) mass is 223 g/mol. The molecule has 0 fully saturated rings. The standard InChI is InChI=1S/C11H13NO2S/c1-12-5-3-2-4-9-6-10(15-8-9)7-11(13)14/h6,8,12H,3,5,7H2,1H3,(H,13,14). The Kier molecular flexibility index (Phi) is 4.88. The summed E-state index contributed by atoms with van der Waals surface area (Å²) < 4.78 is 0. The second-order valence-corrected chi connectivity index (χ2v) is 4.02.